The molecular weight excluding hydrogens is 372 g/mol. The number of halogens is 1. The number of hydrogen-bond acceptors (Lipinski definition) is 4. The Morgan fingerprint density at radius 2 is 1.73 bits per heavy atom. The van der Waals surface area contributed by atoms with Crippen LogP contribution in [0.3, 0.4) is 0 Å². The lowest BCUT2D eigenvalue weighted by atomic mass is 10.1. The summed E-state index contributed by atoms with van der Waals surface area (Å²) in [6, 6.07) is 13.5. The molecule has 0 radical (unpaired) electrons. The second-order valence-corrected chi connectivity index (χ2v) is 8.91. The van der Waals surface area contributed by atoms with Gasteiger partial charge in [-0.15, -0.1) is 0 Å². The molecule has 0 aromatic heterocycles. The van der Waals surface area contributed by atoms with Gasteiger partial charge >= 0.3 is 0 Å². The van der Waals surface area contributed by atoms with Gasteiger partial charge in [0.15, 0.2) is 9.84 Å². The number of carbonyl (C=O) groups excluding carboxylic acids is 1. The molecule has 7 heteroatoms. The highest BCUT2D eigenvalue weighted by molar-refractivity contribution is 7.90. The first kappa shape index (κ1) is 20.4. The fourth-order valence-electron chi connectivity index (χ4n) is 2.47. The third-order valence-electron chi connectivity index (χ3n) is 3.88. The Morgan fingerprint density at radius 1 is 1.04 bits per heavy atom. The Balaban J connectivity index is 2.30. The molecular formula is C19H23ClN2O3S. The monoisotopic (exact) mass is 394 g/mol. The van der Waals surface area contributed by atoms with Crippen molar-refractivity contribution in [3.63, 3.8) is 0 Å². The molecule has 0 atom stereocenters. The van der Waals surface area contributed by atoms with Crippen molar-refractivity contribution in [2.75, 3.05) is 33.4 Å². The zero-order chi connectivity index (χ0) is 19.3. The van der Waals surface area contributed by atoms with E-state index in [0.717, 1.165) is 11.8 Å². The molecule has 2 aromatic rings. The fraction of sp³-hybridized carbons (Fsp3) is 0.316. The second-order valence-electron chi connectivity index (χ2n) is 6.46. The number of carbonyl (C=O) groups is 1. The van der Waals surface area contributed by atoms with Gasteiger partial charge in [-0.2, -0.15) is 0 Å². The Hall–Kier alpha value is -1.89. The number of amides is 1. The Kier molecular flexibility index (Phi) is 6.81. The number of rotatable bonds is 7. The predicted octanol–water partition coefficient (Wildman–Crippen LogP) is 2.95. The van der Waals surface area contributed by atoms with Gasteiger partial charge in [-0.1, -0.05) is 29.8 Å². The van der Waals surface area contributed by atoms with Gasteiger partial charge < -0.3 is 9.80 Å². The van der Waals surface area contributed by atoms with Gasteiger partial charge in [0, 0.05) is 36.5 Å². The third kappa shape index (κ3) is 5.83. The first-order chi connectivity index (χ1) is 12.2. The van der Waals surface area contributed by atoms with Crippen LogP contribution in [0.15, 0.2) is 53.4 Å². The summed E-state index contributed by atoms with van der Waals surface area (Å²) in [5.41, 5.74) is 1.28. The van der Waals surface area contributed by atoms with Crippen LogP contribution in [0.4, 0.5) is 0 Å². The highest BCUT2D eigenvalue weighted by Crippen LogP contribution is 2.17. The smallest absolute Gasteiger partial charge is 0.254 e. The number of hydrogen-bond donors (Lipinski definition) is 0. The van der Waals surface area contributed by atoms with Crippen molar-refractivity contribution in [1.82, 2.24) is 9.80 Å². The van der Waals surface area contributed by atoms with Crippen LogP contribution in [-0.2, 0) is 16.4 Å². The summed E-state index contributed by atoms with van der Waals surface area (Å²) < 4.78 is 23.5. The van der Waals surface area contributed by atoms with E-state index >= 15 is 0 Å². The van der Waals surface area contributed by atoms with Gasteiger partial charge in [-0.25, -0.2) is 8.42 Å². The molecule has 140 valence electrons. The van der Waals surface area contributed by atoms with Crippen LogP contribution < -0.4 is 0 Å². The van der Waals surface area contributed by atoms with E-state index in [4.69, 9.17) is 11.6 Å². The van der Waals surface area contributed by atoms with Gasteiger partial charge in [0.25, 0.3) is 5.91 Å². The van der Waals surface area contributed by atoms with Gasteiger partial charge in [-0.3, -0.25) is 4.79 Å². The minimum Gasteiger partial charge on any atom is -0.333 e. The minimum atomic E-state index is -3.37. The van der Waals surface area contributed by atoms with E-state index in [-0.39, 0.29) is 10.8 Å². The summed E-state index contributed by atoms with van der Waals surface area (Å²) in [6.45, 7) is 1.61. The van der Waals surface area contributed by atoms with Crippen LogP contribution in [0.2, 0.25) is 5.02 Å². The number of sulfone groups is 1. The molecule has 2 rings (SSSR count). The van der Waals surface area contributed by atoms with Crippen LogP contribution >= 0.6 is 11.6 Å². The topological polar surface area (TPSA) is 57.7 Å². The van der Waals surface area contributed by atoms with Crippen molar-refractivity contribution in [3.05, 3.63) is 64.7 Å². The second kappa shape index (κ2) is 8.66. The van der Waals surface area contributed by atoms with Crippen molar-refractivity contribution in [3.8, 4) is 0 Å². The largest absolute Gasteiger partial charge is 0.333 e. The average Bonchev–Trinajstić information content (AvgIpc) is 2.57. The predicted molar refractivity (Wildman–Crippen MR) is 104 cm³/mol. The number of nitrogens with zero attached hydrogens (tertiary/aromatic N) is 2. The molecule has 0 aliphatic heterocycles. The van der Waals surface area contributed by atoms with E-state index in [9.17, 15) is 13.2 Å². The summed E-state index contributed by atoms with van der Waals surface area (Å²) in [6.07, 6.45) is 1.13. The number of benzene rings is 2. The van der Waals surface area contributed by atoms with Crippen LogP contribution in [0.1, 0.15) is 15.9 Å². The molecule has 26 heavy (non-hydrogen) atoms. The zero-order valence-corrected chi connectivity index (χ0v) is 16.7. The van der Waals surface area contributed by atoms with E-state index in [2.05, 4.69) is 0 Å². The summed E-state index contributed by atoms with van der Waals surface area (Å²) in [5.74, 6) is -0.211. The summed E-state index contributed by atoms with van der Waals surface area (Å²) in [4.78, 5) is 16.8. The molecule has 0 spiro atoms. The molecule has 5 nitrogen and oxygen atoms in total. The molecule has 1 amide bonds. The Bertz CT molecular complexity index is 882. The molecule has 0 aliphatic carbocycles. The lowest BCUT2D eigenvalue weighted by Gasteiger charge is -2.25. The van der Waals surface area contributed by atoms with Gasteiger partial charge in [0.2, 0.25) is 0 Å². The standard InChI is InChI=1S/C19H23ClN2O3S/c1-21(2)10-11-22(14-15-6-4-8-17(20)12-15)19(23)16-7-5-9-18(13-16)26(3,24)25/h4-9,12-13H,10-11,14H2,1-3H3. The molecule has 0 fully saturated rings. The normalized spacial score (nSPS) is 11.6. The highest BCUT2D eigenvalue weighted by Gasteiger charge is 2.18. The maximum atomic E-state index is 13.0. The van der Waals surface area contributed by atoms with Gasteiger partial charge in [-0.05, 0) is 50.0 Å². The molecule has 0 bridgehead atoms. The van der Waals surface area contributed by atoms with Crippen molar-refractivity contribution in [2.24, 2.45) is 0 Å². The summed E-state index contributed by atoms with van der Waals surface area (Å²) >= 11 is 6.04. The molecule has 0 aliphatic rings. The van der Waals surface area contributed by atoms with Gasteiger partial charge in [0.1, 0.15) is 0 Å². The molecule has 0 saturated heterocycles. The Labute approximate surface area is 160 Å². The molecule has 0 heterocycles. The van der Waals surface area contributed by atoms with Crippen molar-refractivity contribution >= 4 is 27.3 Å². The minimum absolute atomic E-state index is 0.138. The van der Waals surface area contributed by atoms with E-state index in [1.165, 1.54) is 12.1 Å². The first-order valence-corrected chi connectivity index (χ1v) is 10.4. The molecule has 2 aromatic carbocycles. The summed E-state index contributed by atoms with van der Waals surface area (Å²) in [5, 5.41) is 0.613. The molecule has 0 unspecified atom stereocenters. The highest BCUT2D eigenvalue weighted by atomic mass is 35.5. The lowest BCUT2D eigenvalue weighted by Crippen LogP contribution is -2.36. The van der Waals surface area contributed by atoms with Gasteiger partial charge in [0.05, 0.1) is 4.90 Å². The number of likely N-dealkylation sites (N-methyl/N-ethyl adjacent to an activating group) is 1. The maximum Gasteiger partial charge on any atom is 0.254 e. The first-order valence-electron chi connectivity index (χ1n) is 8.15. The van der Waals surface area contributed by atoms with Crippen molar-refractivity contribution in [1.29, 1.82) is 0 Å². The van der Waals surface area contributed by atoms with Crippen molar-refractivity contribution in [2.45, 2.75) is 11.4 Å². The van der Waals surface area contributed by atoms with Crippen LogP contribution in [0.5, 0.6) is 0 Å². The van der Waals surface area contributed by atoms with E-state index < -0.39 is 9.84 Å². The quantitative estimate of drug-likeness (QED) is 0.724. The fourth-order valence-corrected chi connectivity index (χ4v) is 3.35. The Morgan fingerprint density at radius 3 is 2.35 bits per heavy atom. The van der Waals surface area contributed by atoms with Crippen LogP contribution in [-0.4, -0.2) is 57.6 Å². The van der Waals surface area contributed by atoms with E-state index in [1.54, 1.807) is 23.1 Å². The van der Waals surface area contributed by atoms with Crippen molar-refractivity contribution < 1.29 is 13.2 Å². The van der Waals surface area contributed by atoms with Crippen LogP contribution in [0, 0.1) is 0 Å². The summed E-state index contributed by atoms with van der Waals surface area (Å²) in [7, 11) is 0.502. The third-order valence-corrected chi connectivity index (χ3v) is 5.22. The molecule has 0 saturated carbocycles. The van der Waals surface area contributed by atoms with Crippen LogP contribution in [0.25, 0.3) is 0 Å². The van der Waals surface area contributed by atoms with E-state index in [1.807, 2.05) is 37.2 Å². The molecule has 0 N–H and O–H groups in total. The zero-order valence-electron chi connectivity index (χ0n) is 15.1. The average molecular weight is 395 g/mol. The maximum absolute atomic E-state index is 13.0. The van der Waals surface area contributed by atoms with E-state index in [0.29, 0.717) is 30.2 Å². The lowest BCUT2D eigenvalue weighted by molar-refractivity contribution is 0.0731. The SMILES string of the molecule is CN(C)CCN(Cc1cccc(Cl)c1)C(=O)c1cccc(S(C)(=O)=O)c1.